The summed E-state index contributed by atoms with van der Waals surface area (Å²) in [4.78, 5) is 24.5. The zero-order chi connectivity index (χ0) is 10.8. The van der Waals surface area contributed by atoms with Crippen molar-refractivity contribution in [3.8, 4) is 0 Å². The fourth-order valence-corrected chi connectivity index (χ4v) is 1.72. The Kier molecular flexibility index (Phi) is 2.70. The lowest BCUT2D eigenvalue weighted by atomic mass is 10.2. The molecule has 0 saturated carbocycles. The number of aromatic nitrogens is 2. The molecule has 15 heavy (non-hydrogen) atoms. The van der Waals surface area contributed by atoms with Crippen LogP contribution in [-0.4, -0.2) is 22.2 Å². The fourth-order valence-electron chi connectivity index (χ4n) is 1.72. The molecule has 0 aromatic carbocycles. The van der Waals surface area contributed by atoms with Crippen LogP contribution in [0, 0.1) is 0 Å². The van der Waals surface area contributed by atoms with Crippen LogP contribution in [0.2, 0.25) is 0 Å². The lowest BCUT2D eigenvalue weighted by Gasteiger charge is -2.14. The van der Waals surface area contributed by atoms with E-state index in [9.17, 15) is 9.59 Å². The van der Waals surface area contributed by atoms with Gasteiger partial charge in [0.15, 0.2) is 0 Å². The third-order valence-electron chi connectivity index (χ3n) is 2.51. The van der Waals surface area contributed by atoms with Gasteiger partial charge in [0.1, 0.15) is 6.23 Å². The first-order valence-electron chi connectivity index (χ1n) is 4.87. The molecule has 82 valence electrons. The predicted molar refractivity (Wildman–Crippen MR) is 53.5 cm³/mol. The molecule has 1 aromatic rings. The second-order valence-corrected chi connectivity index (χ2v) is 3.54. The summed E-state index contributed by atoms with van der Waals surface area (Å²) in [6, 6.07) is 1.31. The van der Waals surface area contributed by atoms with E-state index in [1.54, 1.807) is 0 Å². The minimum Gasteiger partial charge on any atom is -0.353 e. The van der Waals surface area contributed by atoms with E-state index in [0.717, 1.165) is 12.8 Å². The number of hydrogen-bond donors (Lipinski definition) is 2. The van der Waals surface area contributed by atoms with Gasteiger partial charge in [-0.2, -0.15) is 0 Å². The van der Waals surface area contributed by atoms with Crippen LogP contribution >= 0.6 is 0 Å². The third kappa shape index (κ3) is 2.00. The van der Waals surface area contributed by atoms with E-state index in [1.165, 1.54) is 16.8 Å². The quantitative estimate of drug-likeness (QED) is 0.668. The van der Waals surface area contributed by atoms with Crippen molar-refractivity contribution in [1.29, 1.82) is 0 Å². The predicted octanol–water partition coefficient (Wildman–Crippen LogP) is -0.827. The minimum atomic E-state index is -0.440. The van der Waals surface area contributed by atoms with Gasteiger partial charge in [0, 0.05) is 18.8 Å². The normalized spacial score (nSPS) is 25.7. The van der Waals surface area contributed by atoms with Crippen LogP contribution in [0.5, 0.6) is 0 Å². The van der Waals surface area contributed by atoms with Crippen molar-refractivity contribution < 1.29 is 4.74 Å². The number of nitrogens with one attached hydrogen (secondary N) is 1. The van der Waals surface area contributed by atoms with Gasteiger partial charge < -0.3 is 10.5 Å². The maximum atomic E-state index is 11.4. The Hall–Kier alpha value is -1.40. The summed E-state index contributed by atoms with van der Waals surface area (Å²) in [5, 5.41) is 0. The summed E-state index contributed by atoms with van der Waals surface area (Å²) in [6.07, 6.45) is 2.74. The molecule has 6 heteroatoms. The van der Waals surface area contributed by atoms with E-state index in [2.05, 4.69) is 4.98 Å². The van der Waals surface area contributed by atoms with Crippen molar-refractivity contribution in [3.63, 3.8) is 0 Å². The summed E-state index contributed by atoms with van der Waals surface area (Å²) < 4.78 is 6.92. The second-order valence-electron chi connectivity index (χ2n) is 3.54. The van der Waals surface area contributed by atoms with Crippen molar-refractivity contribution >= 4 is 0 Å². The standard InChI is InChI=1S/C9H13N3O3/c10-5-6-1-2-8(15-6)12-4-3-7(13)11-9(12)14/h3-4,6,8H,1-2,5,10H2,(H,11,13,14)/t6-,8+/m0/s1. The van der Waals surface area contributed by atoms with Crippen LogP contribution in [0.1, 0.15) is 19.1 Å². The Bertz CT molecular complexity index is 450. The summed E-state index contributed by atoms with van der Waals surface area (Å²) in [5.41, 5.74) is 4.63. The first-order valence-corrected chi connectivity index (χ1v) is 4.87. The van der Waals surface area contributed by atoms with Crippen molar-refractivity contribution in [3.05, 3.63) is 33.1 Å². The molecule has 1 aromatic heterocycles. The number of ether oxygens (including phenoxy) is 1. The summed E-state index contributed by atoms with van der Waals surface area (Å²) in [7, 11) is 0. The molecule has 3 N–H and O–H groups in total. The molecule has 1 aliphatic rings. The van der Waals surface area contributed by atoms with Crippen molar-refractivity contribution in [2.45, 2.75) is 25.2 Å². The van der Waals surface area contributed by atoms with Crippen molar-refractivity contribution in [1.82, 2.24) is 9.55 Å². The van der Waals surface area contributed by atoms with Crippen LogP contribution < -0.4 is 17.0 Å². The van der Waals surface area contributed by atoms with Gasteiger partial charge in [0.05, 0.1) is 6.10 Å². The molecular weight excluding hydrogens is 198 g/mol. The van der Waals surface area contributed by atoms with Gasteiger partial charge in [-0.05, 0) is 12.8 Å². The van der Waals surface area contributed by atoms with E-state index in [0.29, 0.717) is 6.54 Å². The lowest BCUT2D eigenvalue weighted by Crippen LogP contribution is -2.32. The number of H-pyrrole nitrogens is 1. The summed E-state index contributed by atoms with van der Waals surface area (Å²) in [6.45, 7) is 0.453. The Morgan fingerprint density at radius 2 is 2.33 bits per heavy atom. The minimum absolute atomic E-state index is 0.00817. The number of nitrogens with two attached hydrogens (primary N) is 1. The van der Waals surface area contributed by atoms with Gasteiger partial charge in [-0.15, -0.1) is 0 Å². The van der Waals surface area contributed by atoms with E-state index >= 15 is 0 Å². The van der Waals surface area contributed by atoms with Gasteiger partial charge in [0.2, 0.25) is 0 Å². The van der Waals surface area contributed by atoms with Crippen LogP contribution in [0.3, 0.4) is 0 Å². The second kappa shape index (κ2) is 4.00. The van der Waals surface area contributed by atoms with Gasteiger partial charge in [0.25, 0.3) is 5.56 Å². The highest BCUT2D eigenvalue weighted by molar-refractivity contribution is 4.86. The summed E-state index contributed by atoms with van der Waals surface area (Å²) >= 11 is 0. The SMILES string of the molecule is NC[C@@H]1CC[C@H](n2ccc(=O)[nH]c2=O)O1. The van der Waals surface area contributed by atoms with Crippen LogP contribution in [-0.2, 0) is 4.74 Å². The molecule has 0 spiro atoms. The van der Waals surface area contributed by atoms with Crippen LogP contribution in [0.4, 0.5) is 0 Å². The van der Waals surface area contributed by atoms with Crippen LogP contribution in [0.25, 0.3) is 0 Å². The monoisotopic (exact) mass is 211 g/mol. The molecule has 1 fully saturated rings. The van der Waals surface area contributed by atoms with E-state index < -0.39 is 11.2 Å². The molecule has 6 nitrogen and oxygen atoms in total. The molecule has 2 heterocycles. The molecule has 0 unspecified atom stereocenters. The Morgan fingerprint density at radius 3 is 2.93 bits per heavy atom. The molecule has 1 aliphatic heterocycles. The number of hydrogen-bond acceptors (Lipinski definition) is 4. The van der Waals surface area contributed by atoms with E-state index in [1.807, 2.05) is 0 Å². The highest BCUT2D eigenvalue weighted by Crippen LogP contribution is 2.25. The Balaban J connectivity index is 2.24. The maximum absolute atomic E-state index is 11.4. The molecule has 0 radical (unpaired) electrons. The van der Waals surface area contributed by atoms with Gasteiger partial charge in [-0.3, -0.25) is 14.3 Å². The lowest BCUT2D eigenvalue weighted by molar-refractivity contribution is 0.00360. The number of rotatable bonds is 2. The molecule has 2 rings (SSSR count). The molecule has 1 saturated heterocycles. The van der Waals surface area contributed by atoms with Crippen molar-refractivity contribution in [2.24, 2.45) is 5.73 Å². The molecule has 2 atom stereocenters. The Morgan fingerprint density at radius 1 is 1.53 bits per heavy atom. The first-order chi connectivity index (χ1) is 7.20. The highest BCUT2D eigenvalue weighted by atomic mass is 16.5. The third-order valence-corrected chi connectivity index (χ3v) is 2.51. The van der Waals surface area contributed by atoms with Gasteiger partial charge in [-0.25, -0.2) is 4.79 Å². The van der Waals surface area contributed by atoms with Gasteiger partial charge >= 0.3 is 5.69 Å². The molecule has 0 bridgehead atoms. The fraction of sp³-hybridized carbons (Fsp3) is 0.556. The highest BCUT2D eigenvalue weighted by Gasteiger charge is 2.25. The topological polar surface area (TPSA) is 90.1 Å². The number of nitrogens with zero attached hydrogens (tertiary/aromatic N) is 1. The zero-order valence-electron chi connectivity index (χ0n) is 8.18. The van der Waals surface area contributed by atoms with Gasteiger partial charge in [-0.1, -0.05) is 0 Å². The maximum Gasteiger partial charge on any atom is 0.330 e. The summed E-state index contributed by atoms with van der Waals surface area (Å²) in [5.74, 6) is 0. The smallest absolute Gasteiger partial charge is 0.330 e. The largest absolute Gasteiger partial charge is 0.353 e. The van der Waals surface area contributed by atoms with E-state index in [4.69, 9.17) is 10.5 Å². The number of aromatic amines is 1. The molecular formula is C9H13N3O3. The average molecular weight is 211 g/mol. The molecule has 0 aliphatic carbocycles. The first kappa shape index (κ1) is 10.1. The average Bonchev–Trinajstić information content (AvgIpc) is 2.66. The van der Waals surface area contributed by atoms with Crippen molar-refractivity contribution in [2.75, 3.05) is 6.54 Å². The van der Waals surface area contributed by atoms with Crippen LogP contribution in [0.15, 0.2) is 21.9 Å². The Labute approximate surface area is 85.7 Å². The van der Waals surface area contributed by atoms with E-state index in [-0.39, 0.29) is 12.3 Å². The molecule has 0 amide bonds. The zero-order valence-corrected chi connectivity index (χ0v) is 8.18.